The van der Waals surface area contributed by atoms with E-state index in [-0.39, 0.29) is 23.7 Å². The van der Waals surface area contributed by atoms with Gasteiger partial charge in [0, 0.05) is 42.7 Å². The Balaban J connectivity index is 1.38. The lowest BCUT2D eigenvalue weighted by atomic mass is 10.1. The van der Waals surface area contributed by atoms with Gasteiger partial charge in [0.15, 0.2) is 0 Å². The molecule has 4 rings (SSSR count). The Hall–Kier alpha value is -3.34. The highest BCUT2D eigenvalue weighted by molar-refractivity contribution is 7.13. The highest BCUT2D eigenvalue weighted by atomic mass is 32.1. The number of carbonyl (C=O) groups is 1. The molecular weight excluding hydrogens is 444 g/mol. The predicted octanol–water partition coefficient (Wildman–Crippen LogP) is 3.74. The maximum Gasteiger partial charge on any atom is 0.271 e. The van der Waals surface area contributed by atoms with Crippen molar-refractivity contribution in [1.29, 1.82) is 0 Å². The van der Waals surface area contributed by atoms with Gasteiger partial charge < -0.3 is 14.8 Å². The van der Waals surface area contributed by atoms with Gasteiger partial charge >= 0.3 is 0 Å². The van der Waals surface area contributed by atoms with Crippen molar-refractivity contribution in [3.8, 4) is 16.3 Å². The van der Waals surface area contributed by atoms with Gasteiger partial charge in [-0.25, -0.2) is 4.98 Å². The first-order valence-electron chi connectivity index (χ1n) is 10.5. The smallest absolute Gasteiger partial charge is 0.271 e. The molecule has 0 saturated carbocycles. The Bertz CT molecular complexity index is 1130. The van der Waals surface area contributed by atoms with Crippen LogP contribution in [0.2, 0.25) is 0 Å². The molecule has 0 spiro atoms. The van der Waals surface area contributed by atoms with Crippen molar-refractivity contribution in [3.63, 3.8) is 0 Å². The summed E-state index contributed by atoms with van der Waals surface area (Å²) in [6.07, 6.45) is 0.0530. The van der Waals surface area contributed by atoms with Gasteiger partial charge in [-0.05, 0) is 11.6 Å². The molecule has 2 heterocycles. The Labute approximate surface area is 195 Å². The van der Waals surface area contributed by atoms with Crippen LogP contribution in [0.3, 0.4) is 0 Å². The van der Waals surface area contributed by atoms with Gasteiger partial charge in [-0.1, -0.05) is 24.3 Å². The molecule has 33 heavy (non-hydrogen) atoms. The number of hydrogen-bond acceptors (Lipinski definition) is 8. The van der Waals surface area contributed by atoms with Crippen LogP contribution in [0, 0.1) is 10.1 Å². The first kappa shape index (κ1) is 22.8. The Morgan fingerprint density at radius 2 is 2.00 bits per heavy atom. The fraction of sp³-hybridized carbons (Fsp3) is 0.304. The second-order valence-corrected chi connectivity index (χ2v) is 8.45. The van der Waals surface area contributed by atoms with Gasteiger partial charge in [0.25, 0.3) is 5.69 Å². The number of nitro benzene ring substituents is 1. The van der Waals surface area contributed by atoms with E-state index in [1.54, 1.807) is 0 Å². The van der Waals surface area contributed by atoms with E-state index in [1.807, 2.05) is 17.5 Å². The summed E-state index contributed by atoms with van der Waals surface area (Å²) in [7, 11) is 1.44. The molecule has 0 atom stereocenters. The van der Waals surface area contributed by atoms with E-state index in [0.29, 0.717) is 11.4 Å². The molecule has 10 heteroatoms. The summed E-state index contributed by atoms with van der Waals surface area (Å²) >= 11 is 1.47. The summed E-state index contributed by atoms with van der Waals surface area (Å²) in [4.78, 5) is 30.0. The number of nitrogens with one attached hydrogen (secondary N) is 1. The predicted molar refractivity (Wildman–Crippen MR) is 126 cm³/mol. The monoisotopic (exact) mass is 468 g/mol. The van der Waals surface area contributed by atoms with E-state index in [1.165, 1.54) is 42.2 Å². The molecule has 9 nitrogen and oxygen atoms in total. The van der Waals surface area contributed by atoms with Crippen LogP contribution >= 0.6 is 11.3 Å². The molecule has 3 aromatic rings. The molecule has 2 aromatic carbocycles. The Morgan fingerprint density at radius 1 is 1.24 bits per heavy atom. The van der Waals surface area contributed by atoms with Crippen molar-refractivity contribution in [1.82, 2.24) is 9.88 Å². The number of nitrogens with zero attached hydrogens (tertiary/aromatic N) is 3. The Kier molecular flexibility index (Phi) is 7.28. The normalized spacial score (nSPS) is 14.1. The van der Waals surface area contributed by atoms with Crippen molar-refractivity contribution in [2.75, 3.05) is 38.7 Å². The summed E-state index contributed by atoms with van der Waals surface area (Å²) in [5.74, 6) is 0.0246. The number of amides is 1. The van der Waals surface area contributed by atoms with Crippen LogP contribution in [0.5, 0.6) is 5.75 Å². The van der Waals surface area contributed by atoms with Gasteiger partial charge in [-0.3, -0.25) is 19.8 Å². The molecule has 0 aliphatic carbocycles. The molecule has 0 bridgehead atoms. The van der Waals surface area contributed by atoms with E-state index in [9.17, 15) is 14.9 Å². The number of aromatic nitrogens is 1. The van der Waals surface area contributed by atoms with Crippen LogP contribution in [0.15, 0.2) is 47.8 Å². The first-order chi connectivity index (χ1) is 16.0. The molecule has 1 aliphatic heterocycles. The van der Waals surface area contributed by atoms with Gasteiger partial charge in [-0.2, -0.15) is 0 Å². The molecule has 1 aliphatic rings. The summed E-state index contributed by atoms with van der Waals surface area (Å²) in [5.41, 5.74) is 3.00. The quantitative estimate of drug-likeness (QED) is 0.396. The number of ether oxygens (including phenoxy) is 2. The number of carbonyl (C=O) groups excluding carboxylic acids is 1. The molecule has 1 fully saturated rings. The summed E-state index contributed by atoms with van der Waals surface area (Å²) in [6, 6.07) is 12.4. The maximum absolute atomic E-state index is 12.5. The van der Waals surface area contributed by atoms with Crippen molar-refractivity contribution in [2.45, 2.75) is 13.0 Å². The molecule has 0 radical (unpaired) electrons. The zero-order valence-corrected chi connectivity index (χ0v) is 19.0. The zero-order valence-electron chi connectivity index (χ0n) is 18.2. The minimum absolute atomic E-state index is 0.0530. The van der Waals surface area contributed by atoms with Crippen molar-refractivity contribution in [3.05, 3.63) is 69.2 Å². The van der Waals surface area contributed by atoms with Crippen molar-refractivity contribution >= 4 is 28.6 Å². The standard InChI is InChI=1S/C23H24N4O5S/c1-31-21-7-6-19(27(29)30)13-20(21)25-22(28)12-18-15-33-23(24-18)17-4-2-16(3-5-17)14-26-8-10-32-11-9-26/h2-7,13,15H,8-12,14H2,1H3,(H,25,28). The van der Waals surface area contributed by atoms with E-state index in [0.717, 1.165) is 43.4 Å². The molecule has 1 N–H and O–H groups in total. The van der Waals surface area contributed by atoms with Crippen LogP contribution in [-0.2, 0) is 22.5 Å². The number of benzene rings is 2. The van der Waals surface area contributed by atoms with Gasteiger partial charge in [0.05, 0.1) is 43.0 Å². The van der Waals surface area contributed by atoms with Crippen molar-refractivity contribution < 1.29 is 19.2 Å². The number of hydrogen-bond donors (Lipinski definition) is 1. The van der Waals surface area contributed by atoms with E-state index in [4.69, 9.17) is 9.47 Å². The third-order valence-electron chi connectivity index (χ3n) is 5.27. The fourth-order valence-electron chi connectivity index (χ4n) is 3.56. The van der Waals surface area contributed by atoms with Crippen LogP contribution < -0.4 is 10.1 Å². The lowest BCUT2D eigenvalue weighted by Crippen LogP contribution is -2.35. The average Bonchev–Trinajstić information content (AvgIpc) is 3.28. The number of morpholine rings is 1. The summed E-state index contributed by atoms with van der Waals surface area (Å²) in [5, 5.41) is 16.4. The lowest BCUT2D eigenvalue weighted by molar-refractivity contribution is -0.384. The average molecular weight is 469 g/mol. The minimum atomic E-state index is -0.520. The molecular formula is C23H24N4O5S. The minimum Gasteiger partial charge on any atom is -0.495 e. The highest BCUT2D eigenvalue weighted by Gasteiger charge is 2.16. The molecule has 0 unspecified atom stereocenters. The lowest BCUT2D eigenvalue weighted by Gasteiger charge is -2.26. The van der Waals surface area contributed by atoms with Crippen LogP contribution in [0.1, 0.15) is 11.3 Å². The zero-order chi connectivity index (χ0) is 23.2. The molecule has 172 valence electrons. The number of thiazole rings is 1. The first-order valence-corrected chi connectivity index (χ1v) is 11.4. The number of anilines is 1. The number of methoxy groups -OCH3 is 1. The summed E-state index contributed by atoms with van der Waals surface area (Å²) in [6.45, 7) is 4.35. The number of rotatable bonds is 8. The Morgan fingerprint density at radius 3 is 2.70 bits per heavy atom. The highest BCUT2D eigenvalue weighted by Crippen LogP contribution is 2.29. The third-order valence-corrected chi connectivity index (χ3v) is 6.21. The summed E-state index contributed by atoms with van der Waals surface area (Å²) < 4.78 is 10.6. The third kappa shape index (κ3) is 5.92. The van der Waals surface area contributed by atoms with E-state index >= 15 is 0 Å². The van der Waals surface area contributed by atoms with Crippen LogP contribution in [-0.4, -0.2) is 54.1 Å². The van der Waals surface area contributed by atoms with Crippen molar-refractivity contribution in [2.24, 2.45) is 0 Å². The second kappa shape index (κ2) is 10.5. The molecule has 1 aromatic heterocycles. The van der Waals surface area contributed by atoms with Gasteiger partial charge in [0.2, 0.25) is 5.91 Å². The topological polar surface area (TPSA) is 107 Å². The second-order valence-electron chi connectivity index (χ2n) is 7.60. The van der Waals surface area contributed by atoms with E-state index in [2.05, 4.69) is 27.3 Å². The number of non-ortho nitro benzene ring substituents is 1. The van der Waals surface area contributed by atoms with Crippen LogP contribution in [0.4, 0.5) is 11.4 Å². The SMILES string of the molecule is COc1ccc([N+](=O)[O-])cc1NC(=O)Cc1csc(-c2ccc(CN3CCOCC3)cc2)n1. The fourth-order valence-corrected chi connectivity index (χ4v) is 4.38. The van der Waals surface area contributed by atoms with Gasteiger partial charge in [-0.15, -0.1) is 11.3 Å². The van der Waals surface area contributed by atoms with Crippen LogP contribution in [0.25, 0.3) is 10.6 Å². The molecule has 1 amide bonds. The number of nitro groups is 1. The largest absolute Gasteiger partial charge is 0.495 e. The van der Waals surface area contributed by atoms with Gasteiger partial charge in [0.1, 0.15) is 10.8 Å². The maximum atomic E-state index is 12.5. The molecule has 1 saturated heterocycles. The van der Waals surface area contributed by atoms with E-state index < -0.39 is 4.92 Å².